The van der Waals surface area contributed by atoms with Crippen molar-refractivity contribution in [1.29, 1.82) is 0 Å². The Balaban J connectivity index is 2.20. The maximum Gasteiger partial charge on any atom is 0.133 e. The molecule has 1 aromatic heterocycles. The summed E-state index contributed by atoms with van der Waals surface area (Å²) in [6, 6.07) is 4.00. The van der Waals surface area contributed by atoms with Crippen molar-refractivity contribution < 1.29 is 4.74 Å². The summed E-state index contributed by atoms with van der Waals surface area (Å²) < 4.78 is 5.36. The molecule has 1 unspecified atom stereocenters. The van der Waals surface area contributed by atoms with Crippen LogP contribution < -0.4 is 10.6 Å². The third kappa shape index (κ3) is 2.18. The van der Waals surface area contributed by atoms with Crippen molar-refractivity contribution in [3.8, 4) is 0 Å². The second kappa shape index (κ2) is 4.80. The summed E-state index contributed by atoms with van der Waals surface area (Å²) in [5.41, 5.74) is 7.06. The highest BCUT2D eigenvalue weighted by molar-refractivity contribution is 5.49. The molecular formula is C12H19N3O. The average molecular weight is 221 g/mol. The smallest absolute Gasteiger partial charge is 0.133 e. The second-order valence-electron chi connectivity index (χ2n) is 4.30. The highest BCUT2D eigenvalue weighted by Gasteiger charge is 2.25. The Kier molecular flexibility index (Phi) is 3.41. The lowest BCUT2D eigenvalue weighted by Crippen LogP contribution is -2.25. The third-order valence-electron chi connectivity index (χ3n) is 3.09. The molecule has 0 amide bonds. The van der Waals surface area contributed by atoms with Gasteiger partial charge >= 0.3 is 0 Å². The van der Waals surface area contributed by atoms with E-state index < -0.39 is 0 Å². The van der Waals surface area contributed by atoms with E-state index in [0.717, 1.165) is 30.9 Å². The summed E-state index contributed by atoms with van der Waals surface area (Å²) in [5.74, 6) is 1.01. The molecule has 4 nitrogen and oxygen atoms in total. The van der Waals surface area contributed by atoms with Gasteiger partial charge in [0.15, 0.2) is 0 Å². The van der Waals surface area contributed by atoms with E-state index in [9.17, 15) is 0 Å². The molecule has 1 fully saturated rings. The fourth-order valence-electron chi connectivity index (χ4n) is 2.14. The second-order valence-corrected chi connectivity index (χ2v) is 4.30. The number of nitrogens with zero attached hydrogens (tertiary/aromatic N) is 2. The third-order valence-corrected chi connectivity index (χ3v) is 3.09. The van der Waals surface area contributed by atoms with E-state index in [-0.39, 0.29) is 6.04 Å². The predicted octanol–water partition coefficient (Wildman–Crippen LogP) is 1.33. The van der Waals surface area contributed by atoms with Crippen LogP contribution in [0.2, 0.25) is 0 Å². The van der Waals surface area contributed by atoms with Crippen LogP contribution in [0.4, 0.5) is 5.82 Å². The molecule has 1 aliphatic rings. The summed E-state index contributed by atoms with van der Waals surface area (Å²) in [6.45, 7) is 3.90. The minimum Gasteiger partial charge on any atom is -0.380 e. The fourth-order valence-corrected chi connectivity index (χ4v) is 2.14. The number of hydrogen-bond donors (Lipinski definition) is 1. The number of pyridine rings is 1. The van der Waals surface area contributed by atoms with Crippen LogP contribution in [0.3, 0.4) is 0 Å². The molecule has 16 heavy (non-hydrogen) atoms. The lowest BCUT2D eigenvalue weighted by atomic mass is 10.1. The monoisotopic (exact) mass is 221 g/mol. The molecule has 2 heterocycles. The Morgan fingerprint density at radius 2 is 2.44 bits per heavy atom. The molecule has 0 aliphatic carbocycles. The lowest BCUT2D eigenvalue weighted by Gasteiger charge is -2.21. The first-order valence-electron chi connectivity index (χ1n) is 5.70. The van der Waals surface area contributed by atoms with Crippen molar-refractivity contribution in [2.24, 2.45) is 5.73 Å². The standard InChI is InChI=1S/C12H19N3O/c1-9(13)11-4-3-6-14-12(11)15-7-5-10(8-15)16-2/h3-4,6,9-10H,5,7-8,13H2,1-2H3/t9-,10?/m1/s1. The van der Waals surface area contributed by atoms with Gasteiger partial charge in [-0.1, -0.05) is 6.07 Å². The topological polar surface area (TPSA) is 51.4 Å². The average Bonchev–Trinajstić information content (AvgIpc) is 2.77. The molecule has 1 aromatic rings. The molecule has 2 N–H and O–H groups in total. The van der Waals surface area contributed by atoms with Gasteiger partial charge in [0.25, 0.3) is 0 Å². The summed E-state index contributed by atoms with van der Waals surface area (Å²) in [7, 11) is 1.76. The number of anilines is 1. The Morgan fingerprint density at radius 1 is 1.62 bits per heavy atom. The first-order valence-corrected chi connectivity index (χ1v) is 5.70. The number of hydrogen-bond acceptors (Lipinski definition) is 4. The molecule has 88 valence electrons. The van der Waals surface area contributed by atoms with Crippen LogP contribution in [0.5, 0.6) is 0 Å². The number of ether oxygens (including phenoxy) is 1. The van der Waals surface area contributed by atoms with Crippen LogP contribution in [0, 0.1) is 0 Å². The SMILES string of the molecule is COC1CCN(c2ncccc2[C@@H](C)N)C1. The molecule has 2 atom stereocenters. The van der Waals surface area contributed by atoms with Crippen molar-refractivity contribution in [2.75, 3.05) is 25.1 Å². The van der Waals surface area contributed by atoms with E-state index >= 15 is 0 Å². The zero-order valence-corrected chi connectivity index (χ0v) is 9.89. The van der Waals surface area contributed by atoms with Gasteiger partial charge in [-0.2, -0.15) is 0 Å². The molecular weight excluding hydrogens is 202 g/mol. The zero-order chi connectivity index (χ0) is 11.5. The Bertz CT molecular complexity index is 354. The van der Waals surface area contributed by atoms with Crippen molar-refractivity contribution in [3.63, 3.8) is 0 Å². The number of aromatic nitrogens is 1. The largest absolute Gasteiger partial charge is 0.380 e. The van der Waals surface area contributed by atoms with Gasteiger partial charge in [-0.25, -0.2) is 4.98 Å². The van der Waals surface area contributed by atoms with E-state index in [1.165, 1.54) is 0 Å². The molecule has 0 bridgehead atoms. The number of rotatable bonds is 3. The van der Waals surface area contributed by atoms with Crippen LogP contribution in [-0.4, -0.2) is 31.3 Å². The molecule has 1 aliphatic heterocycles. The van der Waals surface area contributed by atoms with Gasteiger partial charge in [-0.15, -0.1) is 0 Å². The number of nitrogens with two attached hydrogens (primary N) is 1. The molecule has 0 spiro atoms. The van der Waals surface area contributed by atoms with Crippen LogP contribution in [-0.2, 0) is 4.74 Å². The first kappa shape index (κ1) is 11.4. The Labute approximate surface area is 96.4 Å². The molecule has 0 radical (unpaired) electrons. The van der Waals surface area contributed by atoms with E-state index in [2.05, 4.69) is 9.88 Å². The van der Waals surface area contributed by atoms with Crippen LogP contribution >= 0.6 is 0 Å². The fraction of sp³-hybridized carbons (Fsp3) is 0.583. The van der Waals surface area contributed by atoms with Gasteiger partial charge in [0.1, 0.15) is 5.82 Å². The molecule has 4 heteroatoms. The van der Waals surface area contributed by atoms with E-state index in [4.69, 9.17) is 10.5 Å². The van der Waals surface area contributed by atoms with Crippen LogP contribution in [0.25, 0.3) is 0 Å². The Morgan fingerprint density at radius 3 is 3.06 bits per heavy atom. The summed E-state index contributed by atoms with van der Waals surface area (Å²) in [4.78, 5) is 6.70. The van der Waals surface area contributed by atoms with Crippen LogP contribution in [0.15, 0.2) is 18.3 Å². The Hall–Kier alpha value is -1.13. The first-order chi connectivity index (χ1) is 7.72. The minimum absolute atomic E-state index is 0.0188. The summed E-state index contributed by atoms with van der Waals surface area (Å²) >= 11 is 0. The molecule has 1 saturated heterocycles. The van der Waals surface area contributed by atoms with Crippen molar-refractivity contribution >= 4 is 5.82 Å². The predicted molar refractivity (Wildman–Crippen MR) is 64.5 cm³/mol. The maximum absolute atomic E-state index is 5.95. The van der Waals surface area contributed by atoms with Crippen LogP contribution in [0.1, 0.15) is 24.9 Å². The van der Waals surface area contributed by atoms with Gasteiger partial charge in [-0.3, -0.25) is 0 Å². The molecule has 2 rings (SSSR count). The van der Waals surface area contributed by atoms with Gasteiger partial charge in [0.2, 0.25) is 0 Å². The summed E-state index contributed by atoms with van der Waals surface area (Å²) in [6.07, 6.45) is 3.20. The van der Waals surface area contributed by atoms with Crippen molar-refractivity contribution in [2.45, 2.75) is 25.5 Å². The highest BCUT2D eigenvalue weighted by atomic mass is 16.5. The van der Waals surface area contributed by atoms with Gasteiger partial charge in [0, 0.05) is 38.0 Å². The van der Waals surface area contributed by atoms with Gasteiger partial charge < -0.3 is 15.4 Å². The van der Waals surface area contributed by atoms with E-state index in [1.54, 1.807) is 7.11 Å². The lowest BCUT2D eigenvalue weighted by molar-refractivity contribution is 0.121. The van der Waals surface area contributed by atoms with Crippen molar-refractivity contribution in [1.82, 2.24) is 4.98 Å². The minimum atomic E-state index is 0.0188. The zero-order valence-electron chi connectivity index (χ0n) is 9.89. The van der Waals surface area contributed by atoms with Gasteiger partial charge in [0.05, 0.1) is 6.10 Å². The van der Waals surface area contributed by atoms with Gasteiger partial charge in [-0.05, 0) is 19.4 Å². The van der Waals surface area contributed by atoms with Crippen molar-refractivity contribution in [3.05, 3.63) is 23.9 Å². The highest BCUT2D eigenvalue weighted by Crippen LogP contribution is 2.26. The quantitative estimate of drug-likeness (QED) is 0.836. The summed E-state index contributed by atoms with van der Waals surface area (Å²) in [5, 5.41) is 0. The van der Waals surface area contributed by atoms with E-state index in [0.29, 0.717) is 6.10 Å². The molecule has 0 aromatic carbocycles. The normalized spacial score (nSPS) is 22.4. The molecule has 0 saturated carbocycles. The van der Waals surface area contributed by atoms with E-state index in [1.807, 2.05) is 25.3 Å². The maximum atomic E-state index is 5.95. The number of methoxy groups -OCH3 is 1.